The Morgan fingerprint density at radius 3 is 2.91 bits per heavy atom. The predicted molar refractivity (Wildman–Crippen MR) is 81.7 cm³/mol. The molecule has 0 saturated carbocycles. The van der Waals surface area contributed by atoms with Crippen LogP contribution in [0.5, 0.6) is 0 Å². The molecule has 0 spiro atoms. The zero-order valence-electron chi connectivity index (χ0n) is 13.3. The van der Waals surface area contributed by atoms with Crippen LogP contribution in [0.15, 0.2) is 11.0 Å². The molecule has 1 aromatic rings. The number of nitrogens with one attached hydrogen (secondary N) is 1. The number of nitrogens with zero attached hydrogens (tertiary/aromatic N) is 3. The van der Waals surface area contributed by atoms with Crippen molar-refractivity contribution >= 4 is 11.8 Å². The van der Waals surface area contributed by atoms with Crippen molar-refractivity contribution in [3.8, 4) is 0 Å². The van der Waals surface area contributed by atoms with Gasteiger partial charge in [-0.3, -0.25) is 4.57 Å². The van der Waals surface area contributed by atoms with Crippen molar-refractivity contribution in [2.45, 2.75) is 44.2 Å². The van der Waals surface area contributed by atoms with E-state index < -0.39 is 29.7 Å². The minimum absolute atomic E-state index is 0.156. The first-order valence-corrected chi connectivity index (χ1v) is 7.54. The monoisotopic (exact) mass is 323 g/mol. The molecule has 0 radical (unpaired) electrons. The van der Waals surface area contributed by atoms with Gasteiger partial charge in [-0.25, -0.2) is 9.59 Å². The number of carbonyl (C=O) groups is 1. The maximum absolute atomic E-state index is 12.2. The number of morpholine rings is 1. The van der Waals surface area contributed by atoms with Crippen LogP contribution in [0.4, 0.5) is 10.6 Å². The molecule has 1 aromatic heterocycles. The van der Waals surface area contributed by atoms with Gasteiger partial charge in [-0.2, -0.15) is 4.98 Å². The highest BCUT2D eigenvalue weighted by Crippen LogP contribution is 2.47. The predicted octanol–water partition coefficient (Wildman–Crippen LogP) is -0.804. The third kappa shape index (κ3) is 2.11. The maximum atomic E-state index is 12.2. The molecule has 23 heavy (non-hydrogen) atoms. The molecule has 9 heteroatoms. The Bertz CT molecular complexity index is 705. The molecule has 4 N–H and O–H groups in total. The number of urea groups is 1. The molecule has 3 rings (SSSR count). The lowest BCUT2D eigenvalue weighted by atomic mass is 9.96. The highest BCUT2D eigenvalue weighted by atomic mass is 16.6. The highest BCUT2D eigenvalue weighted by Gasteiger charge is 2.64. The van der Waals surface area contributed by atoms with Crippen LogP contribution in [-0.2, 0) is 4.74 Å². The number of hydrogen-bond acceptors (Lipinski definition) is 6. The average Bonchev–Trinajstić information content (AvgIpc) is 2.98. The number of nitrogens with two attached hydrogens (primary N) is 1. The number of likely N-dealkylation sites (tertiary alicyclic amines) is 1. The van der Waals surface area contributed by atoms with Crippen LogP contribution in [0.1, 0.15) is 25.1 Å². The van der Waals surface area contributed by atoms with E-state index in [0.717, 1.165) is 0 Å². The summed E-state index contributed by atoms with van der Waals surface area (Å²) in [5.41, 5.74) is 4.83. The van der Waals surface area contributed by atoms with Crippen molar-refractivity contribution in [3.63, 3.8) is 0 Å². The van der Waals surface area contributed by atoms with Gasteiger partial charge in [0.25, 0.3) is 0 Å². The van der Waals surface area contributed by atoms with Crippen molar-refractivity contribution in [3.05, 3.63) is 22.2 Å². The largest absolute Gasteiger partial charge is 0.388 e. The third-order valence-corrected chi connectivity index (χ3v) is 4.83. The molecule has 126 valence electrons. The SMILES string of the molecule is CC[C@@]12CN(C(=O)NC)[C@@H](C(n3cc(C)c(N)nc3=O)O1)[C@@H]2O. The summed E-state index contributed by atoms with van der Waals surface area (Å²) < 4.78 is 7.30. The van der Waals surface area contributed by atoms with Gasteiger partial charge in [-0.05, 0) is 13.3 Å². The number of amides is 2. The van der Waals surface area contributed by atoms with E-state index in [-0.39, 0.29) is 18.4 Å². The number of aryl methyl sites for hydroxylation is 1. The van der Waals surface area contributed by atoms with Crippen molar-refractivity contribution < 1.29 is 14.6 Å². The second-order valence-electron chi connectivity index (χ2n) is 6.04. The molecule has 0 aliphatic carbocycles. The van der Waals surface area contributed by atoms with Crippen LogP contribution in [0.3, 0.4) is 0 Å². The van der Waals surface area contributed by atoms with Gasteiger partial charge in [0.05, 0.1) is 6.54 Å². The molecule has 2 bridgehead atoms. The van der Waals surface area contributed by atoms with Gasteiger partial charge in [0, 0.05) is 18.8 Å². The lowest BCUT2D eigenvalue weighted by Gasteiger charge is -2.36. The Labute approximate surface area is 133 Å². The van der Waals surface area contributed by atoms with Crippen LogP contribution < -0.4 is 16.7 Å². The van der Waals surface area contributed by atoms with E-state index in [0.29, 0.717) is 12.0 Å². The zero-order valence-corrected chi connectivity index (χ0v) is 13.3. The first-order valence-electron chi connectivity index (χ1n) is 7.54. The number of rotatable bonds is 2. The first kappa shape index (κ1) is 15.8. The number of ether oxygens (including phenoxy) is 1. The summed E-state index contributed by atoms with van der Waals surface area (Å²) in [4.78, 5) is 29.6. The van der Waals surface area contributed by atoms with Crippen molar-refractivity contribution in [2.24, 2.45) is 0 Å². The van der Waals surface area contributed by atoms with Crippen molar-refractivity contribution in [1.29, 1.82) is 0 Å². The van der Waals surface area contributed by atoms with Gasteiger partial charge in [0.2, 0.25) is 0 Å². The third-order valence-electron chi connectivity index (χ3n) is 4.83. The van der Waals surface area contributed by atoms with Crippen LogP contribution in [0.25, 0.3) is 0 Å². The van der Waals surface area contributed by atoms with Crippen molar-refractivity contribution in [2.75, 3.05) is 19.3 Å². The van der Waals surface area contributed by atoms with Gasteiger partial charge in [0.1, 0.15) is 23.6 Å². The molecule has 3 heterocycles. The maximum Gasteiger partial charge on any atom is 0.351 e. The summed E-state index contributed by atoms with van der Waals surface area (Å²) in [6.45, 7) is 3.89. The molecule has 1 unspecified atom stereocenters. The quantitative estimate of drug-likeness (QED) is 0.654. The number of fused-ring (bicyclic) bond motifs is 2. The van der Waals surface area contributed by atoms with E-state index in [1.54, 1.807) is 13.1 Å². The molecular formula is C14H21N5O4. The summed E-state index contributed by atoms with van der Waals surface area (Å²) in [5, 5.41) is 13.2. The molecule has 4 atom stereocenters. The molecule has 2 fully saturated rings. The summed E-state index contributed by atoms with van der Waals surface area (Å²) in [6, 6.07) is -0.969. The number of anilines is 1. The fourth-order valence-corrected chi connectivity index (χ4v) is 3.43. The summed E-state index contributed by atoms with van der Waals surface area (Å²) in [5.74, 6) is 0.156. The first-order chi connectivity index (χ1) is 10.8. The zero-order chi connectivity index (χ0) is 16.9. The number of carbonyl (C=O) groups excluding carboxylic acids is 1. The Balaban J connectivity index is 2.06. The lowest BCUT2D eigenvalue weighted by Crippen LogP contribution is -2.52. The fraction of sp³-hybridized carbons (Fsp3) is 0.643. The summed E-state index contributed by atoms with van der Waals surface area (Å²) in [6.07, 6.45) is 0.397. The average molecular weight is 323 g/mol. The van der Waals surface area contributed by atoms with E-state index in [2.05, 4.69) is 10.3 Å². The normalized spacial score (nSPS) is 32.3. The number of aliphatic hydroxyl groups is 1. The van der Waals surface area contributed by atoms with E-state index >= 15 is 0 Å². The van der Waals surface area contributed by atoms with Gasteiger partial charge in [-0.1, -0.05) is 6.92 Å². The molecule has 2 saturated heterocycles. The molecule has 2 aliphatic rings. The fourth-order valence-electron chi connectivity index (χ4n) is 3.43. The Morgan fingerprint density at radius 2 is 2.35 bits per heavy atom. The standard InChI is InChI=1S/C14H21N5O4/c1-4-14-6-19(12(21)16-3)8(9(14)20)11(23-14)18-5-7(2)10(15)17-13(18)22/h5,8-9,11,20H,4,6H2,1-3H3,(H,16,21)(H2,15,17,22)/t8-,9+,11?,14+/m1/s1. The highest BCUT2D eigenvalue weighted by molar-refractivity contribution is 5.75. The minimum Gasteiger partial charge on any atom is -0.388 e. The van der Waals surface area contributed by atoms with Crippen LogP contribution in [0, 0.1) is 6.92 Å². The van der Waals surface area contributed by atoms with Crippen molar-refractivity contribution in [1.82, 2.24) is 19.8 Å². The summed E-state index contributed by atoms with van der Waals surface area (Å²) >= 11 is 0. The van der Waals surface area contributed by atoms with E-state index in [9.17, 15) is 14.7 Å². The van der Waals surface area contributed by atoms with Gasteiger partial charge in [0.15, 0.2) is 6.23 Å². The number of nitrogen functional groups attached to an aromatic ring is 1. The Kier molecular flexibility index (Phi) is 3.56. The Hall–Kier alpha value is -2.13. The van der Waals surface area contributed by atoms with Crippen LogP contribution >= 0.6 is 0 Å². The summed E-state index contributed by atoms with van der Waals surface area (Å²) in [7, 11) is 1.52. The lowest BCUT2D eigenvalue weighted by molar-refractivity contribution is -0.130. The van der Waals surface area contributed by atoms with Gasteiger partial charge >= 0.3 is 11.7 Å². The van der Waals surface area contributed by atoms with Crippen LogP contribution in [-0.4, -0.2) is 56.9 Å². The minimum atomic E-state index is -0.878. The second kappa shape index (κ2) is 5.20. The molecular weight excluding hydrogens is 302 g/mol. The topological polar surface area (TPSA) is 123 Å². The number of aliphatic hydroxyl groups excluding tert-OH is 1. The molecule has 0 aromatic carbocycles. The Morgan fingerprint density at radius 1 is 1.65 bits per heavy atom. The molecule has 9 nitrogen and oxygen atoms in total. The van der Waals surface area contributed by atoms with Crippen LogP contribution in [0.2, 0.25) is 0 Å². The van der Waals surface area contributed by atoms with E-state index in [1.807, 2.05) is 6.92 Å². The number of aromatic nitrogens is 2. The number of hydrogen-bond donors (Lipinski definition) is 3. The van der Waals surface area contributed by atoms with Gasteiger partial charge in [-0.15, -0.1) is 0 Å². The molecule has 2 amide bonds. The van der Waals surface area contributed by atoms with Gasteiger partial charge < -0.3 is 25.8 Å². The van der Waals surface area contributed by atoms with E-state index in [1.165, 1.54) is 16.5 Å². The molecule has 2 aliphatic heterocycles. The second-order valence-corrected chi connectivity index (χ2v) is 6.04. The van der Waals surface area contributed by atoms with E-state index in [4.69, 9.17) is 10.5 Å². The smallest absolute Gasteiger partial charge is 0.351 e.